The zero-order valence-corrected chi connectivity index (χ0v) is 17.5. The largest absolute Gasteiger partial charge is 0.497 e. The van der Waals surface area contributed by atoms with E-state index in [9.17, 15) is 9.59 Å². The number of nitrogens with one attached hydrogen (secondary N) is 2. The molecule has 0 aliphatic heterocycles. The van der Waals surface area contributed by atoms with Gasteiger partial charge in [0, 0.05) is 12.1 Å². The van der Waals surface area contributed by atoms with Gasteiger partial charge in [0.2, 0.25) is 0 Å². The van der Waals surface area contributed by atoms with E-state index in [1.165, 1.54) is 12.7 Å². The number of benzene rings is 3. The number of methoxy groups -OCH3 is 2. The Balaban J connectivity index is 1.50. The van der Waals surface area contributed by atoms with E-state index in [2.05, 4.69) is 28.3 Å². The van der Waals surface area contributed by atoms with E-state index in [0.29, 0.717) is 18.7 Å². The van der Waals surface area contributed by atoms with Crippen LogP contribution in [0, 0.1) is 0 Å². The van der Waals surface area contributed by atoms with E-state index in [4.69, 9.17) is 4.74 Å². The molecule has 3 aromatic carbocycles. The topological polar surface area (TPSA) is 69.1 Å². The predicted molar refractivity (Wildman–Crippen MR) is 116 cm³/mol. The molecular formula is C24H27N2O4+. The van der Waals surface area contributed by atoms with Crippen LogP contribution in [0.5, 0.6) is 5.75 Å². The molecule has 0 bridgehead atoms. The molecule has 6 nitrogen and oxygen atoms in total. The number of quaternary nitrogens is 1. The van der Waals surface area contributed by atoms with Crippen LogP contribution in [0.15, 0.2) is 60.7 Å². The SMILES string of the molecule is COC(=O)c1ccc(CNC(=O)C[NH+](C)Cc2ccc3cc(OC)ccc3c2)cc1. The second kappa shape index (κ2) is 9.89. The molecule has 0 radical (unpaired) electrons. The van der Waals surface area contributed by atoms with Crippen LogP contribution < -0.4 is 15.0 Å². The number of likely N-dealkylation sites (N-methyl/N-ethyl adjacent to an activating group) is 1. The van der Waals surface area contributed by atoms with Crippen molar-refractivity contribution in [3.8, 4) is 5.75 Å². The first-order chi connectivity index (χ1) is 14.5. The van der Waals surface area contributed by atoms with E-state index in [0.717, 1.165) is 33.5 Å². The minimum Gasteiger partial charge on any atom is -0.497 e. The summed E-state index contributed by atoms with van der Waals surface area (Å²) in [5.74, 6) is 0.452. The van der Waals surface area contributed by atoms with Gasteiger partial charge in [-0.15, -0.1) is 0 Å². The first-order valence-electron chi connectivity index (χ1n) is 9.80. The quantitative estimate of drug-likeness (QED) is 0.560. The lowest BCUT2D eigenvalue weighted by molar-refractivity contribution is -0.885. The maximum atomic E-state index is 12.3. The molecule has 2 N–H and O–H groups in total. The van der Waals surface area contributed by atoms with Crippen molar-refractivity contribution >= 4 is 22.6 Å². The van der Waals surface area contributed by atoms with Gasteiger partial charge in [0.15, 0.2) is 6.54 Å². The van der Waals surface area contributed by atoms with Gasteiger partial charge in [-0.2, -0.15) is 0 Å². The summed E-state index contributed by atoms with van der Waals surface area (Å²) >= 11 is 0. The minimum atomic E-state index is -0.372. The van der Waals surface area contributed by atoms with Crippen molar-refractivity contribution in [3.05, 3.63) is 77.4 Å². The molecular weight excluding hydrogens is 380 g/mol. The van der Waals surface area contributed by atoms with E-state index in [-0.39, 0.29) is 11.9 Å². The van der Waals surface area contributed by atoms with Gasteiger partial charge in [0.25, 0.3) is 5.91 Å². The van der Waals surface area contributed by atoms with Crippen molar-refractivity contribution in [2.75, 3.05) is 27.8 Å². The van der Waals surface area contributed by atoms with Gasteiger partial charge in [0.05, 0.1) is 26.8 Å². The molecule has 0 aliphatic rings. The van der Waals surface area contributed by atoms with E-state index in [1.54, 1.807) is 19.2 Å². The van der Waals surface area contributed by atoms with E-state index in [1.807, 2.05) is 37.4 Å². The summed E-state index contributed by atoms with van der Waals surface area (Å²) in [5.41, 5.74) is 2.60. The summed E-state index contributed by atoms with van der Waals surface area (Å²) in [4.78, 5) is 24.9. The van der Waals surface area contributed by atoms with Gasteiger partial charge in [-0.1, -0.05) is 30.3 Å². The molecule has 0 saturated heterocycles. The molecule has 0 aromatic heterocycles. The fourth-order valence-corrected chi connectivity index (χ4v) is 3.33. The highest BCUT2D eigenvalue weighted by Crippen LogP contribution is 2.21. The number of rotatable bonds is 8. The van der Waals surface area contributed by atoms with Crippen molar-refractivity contribution in [3.63, 3.8) is 0 Å². The number of fused-ring (bicyclic) bond motifs is 1. The van der Waals surface area contributed by atoms with Crippen LogP contribution in [0.1, 0.15) is 21.5 Å². The Hall–Kier alpha value is -3.38. The Morgan fingerprint density at radius 3 is 2.27 bits per heavy atom. The molecule has 1 unspecified atom stereocenters. The number of esters is 1. The molecule has 3 aromatic rings. The highest BCUT2D eigenvalue weighted by atomic mass is 16.5. The average molecular weight is 407 g/mol. The van der Waals surface area contributed by atoms with Crippen molar-refractivity contribution in [2.24, 2.45) is 0 Å². The molecule has 0 aliphatic carbocycles. The predicted octanol–water partition coefficient (Wildman–Crippen LogP) is 1.97. The number of hydrogen-bond donors (Lipinski definition) is 2. The van der Waals surface area contributed by atoms with Crippen molar-refractivity contribution in [1.82, 2.24) is 5.32 Å². The van der Waals surface area contributed by atoms with Gasteiger partial charge >= 0.3 is 5.97 Å². The lowest BCUT2D eigenvalue weighted by atomic mass is 10.1. The zero-order valence-electron chi connectivity index (χ0n) is 17.5. The molecule has 0 saturated carbocycles. The molecule has 0 fully saturated rings. The summed E-state index contributed by atoms with van der Waals surface area (Å²) in [5, 5.41) is 5.22. The average Bonchev–Trinajstić information content (AvgIpc) is 2.77. The van der Waals surface area contributed by atoms with Crippen LogP contribution >= 0.6 is 0 Å². The smallest absolute Gasteiger partial charge is 0.337 e. The second-order valence-electron chi connectivity index (χ2n) is 7.32. The standard InChI is InChI=1S/C24H26N2O4/c1-26(15-18-6-9-21-13-22(29-2)11-10-20(21)12-18)16-23(27)25-14-17-4-7-19(8-5-17)24(28)30-3/h4-13H,14-16H2,1-3H3,(H,25,27)/p+1. The number of carbonyl (C=O) groups excluding carboxylic acids is 2. The van der Waals surface area contributed by atoms with Crippen molar-refractivity contribution < 1.29 is 24.0 Å². The summed E-state index contributed by atoms with van der Waals surface area (Å²) in [6, 6.07) is 19.4. The zero-order chi connectivity index (χ0) is 21.5. The van der Waals surface area contributed by atoms with Crippen LogP contribution in [-0.4, -0.2) is 39.7 Å². The van der Waals surface area contributed by atoms with Gasteiger partial charge in [-0.3, -0.25) is 4.79 Å². The lowest BCUT2D eigenvalue weighted by Gasteiger charge is -2.14. The fourth-order valence-electron chi connectivity index (χ4n) is 3.33. The van der Waals surface area contributed by atoms with Crippen LogP contribution in [0.4, 0.5) is 0 Å². The molecule has 3 rings (SSSR count). The summed E-state index contributed by atoms with van der Waals surface area (Å²) in [6.45, 7) is 1.55. The third kappa shape index (κ3) is 5.58. The Morgan fingerprint density at radius 2 is 1.57 bits per heavy atom. The fraction of sp³-hybridized carbons (Fsp3) is 0.250. The third-order valence-electron chi connectivity index (χ3n) is 4.94. The Labute approximate surface area is 176 Å². The maximum Gasteiger partial charge on any atom is 0.337 e. The van der Waals surface area contributed by atoms with Gasteiger partial charge in [0.1, 0.15) is 12.3 Å². The van der Waals surface area contributed by atoms with Gasteiger partial charge < -0.3 is 19.7 Å². The monoisotopic (exact) mass is 407 g/mol. The maximum absolute atomic E-state index is 12.3. The molecule has 30 heavy (non-hydrogen) atoms. The van der Waals surface area contributed by atoms with E-state index >= 15 is 0 Å². The van der Waals surface area contributed by atoms with Crippen molar-refractivity contribution in [2.45, 2.75) is 13.1 Å². The summed E-state index contributed by atoms with van der Waals surface area (Å²) in [7, 11) is 5.02. The normalized spacial score (nSPS) is 11.7. The molecule has 6 heteroatoms. The number of ether oxygens (including phenoxy) is 2. The Kier molecular flexibility index (Phi) is 7.03. The number of amides is 1. The minimum absolute atomic E-state index is 0.0185. The molecule has 1 amide bonds. The molecule has 156 valence electrons. The van der Waals surface area contributed by atoms with Crippen LogP contribution in [0.25, 0.3) is 10.8 Å². The first kappa shape index (κ1) is 21.3. The van der Waals surface area contributed by atoms with Crippen LogP contribution in [-0.2, 0) is 22.6 Å². The number of carbonyl (C=O) groups is 2. The summed E-state index contributed by atoms with van der Waals surface area (Å²) < 4.78 is 9.95. The Morgan fingerprint density at radius 1 is 0.900 bits per heavy atom. The Bertz CT molecular complexity index is 1030. The van der Waals surface area contributed by atoms with Crippen molar-refractivity contribution in [1.29, 1.82) is 0 Å². The van der Waals surface area contributed by atoms with Gasteiger partial charge in [-0.25, -0.2) is 4.79 Å². The van der Waals surface area contributed by atoms with Gasteiger partial charge in [-0.05, 0) is 46.7 Å². The van der Waals surface area contributed by atoms with Crippen LogP contribution in [0.2, 0.25) is 0 Å². The second-order valence-corrected chi connectivity index (χ2v) is 7.32. The molecule has 1 atom stereocenters. The first-order valence-corrected chi connectivity index (χ1v) is 9.80. The lowest BCUT2D eigenvalue weighted by Crippen LogP contribution is -3.08. The molecule has 0 spiro atoms. The molecule has 0 heterocycles. The van der Waals surface area contributed by atoms with Crippen LogP contribution in [0.3, 0.4) is 0 Å². The highest BCUT2D eigenvalue weighted by molar-refractivity contribution is 5.89. The summed E-state index contributed by atoms with van der Waals surface area (Å²) in [6.07, 6.45) is 0. The highest BCUT2D eigenvalue weighted by Gasteiger charge is 2.11. The third-order valence-corrected chi connectivity index (χ3v) is 4.94. The van der Waals surface area contributed by atoms with E-state index < -0.39 is 0 Å². The number of hydrogen-bond acceptors (Lipinski definition) is 4.